The Balaban J connectivity index is 2.49. The van der Waals surface area contributed by atoms with E-state index < -0.39 is 0 Å². The number of thioether (sulfide) groups is 1. The number of allylic oxidation sites excluding steroid dienone is 1. The lowest BCUT2D eigenvalue weighted by Gasteiger charge is -2.10. The lowest BCUT2D eigenvalue weighted by Crippen LogP contribution is -2.03. The Kier molecular flexibility index (Phi) is 5.01. The van der Waals surface area contributed by atoms with Crippen LogP contribution in [0.1, 0.15) is 6.92 Å². The third kappa shape index (κ3) is 3.26. The van der Waals surface area contributed by atoms with Crippen LogP contribution in [-0.2, 0) is 6.54 Å². The van der Waals surface area contributed by atoms with E-state index in [2.05, 4.69) is 22.8 Å². The molecule has 0 spiro atoms. The van der Waals surface area contributed by atoms with Crippen molar-refractivity contribution >= 4 is 11.8 Å². The van der Waals surface area contributed by atoms with Crippen LogP contribution in [0.3, 0.4) is 0 Å². The van der Waals surface area contributed by atoms with Gasteiger partial charge in [-0.3, -0.25) is 4.57 Å². The van der Waals surface area contributed by atoms with Crippen LogP contribution in [-0.4, -0.2) is 27.1 Å². The first-order valence-corrected chi connectivity index (χ1v) is 7.33. The first-order valence-electron chi connectivity index (χ1n) is 6.45. The van der Waals surface area contributed by atoms with Crippen LogP contribution >= 0.6 is 11.8 Å². The van der Waals surface area contributed by atoms with E-state index in [0.29, 0.717) is 17.5 Å². The molecule has 1 aromatic carbocycles. The van der Waals surface area contributed by atoms with Crippen LogP contribution in [0.5, 0.6) is 5.75 Å². The van der Waals surface area contributed by atoms with Crippen molar-refractivity contribution in [2.45, 2.75) is 23.9 Å². The van der Waals surface area contributed by atoms with Crippen molar-refractivity contribution in [1.29, 1.82) is 5.26 Å². The lowest BCUT2D eigenvalue weighted by atomic mass is 10.2. The molecule has 0 aliphatic heterocycles. The second kappa shape index (κ2) is 6.95. The maximum absolute atomic E-state index is 8.95. The number of hydrogen-bond donors (Lipinski definition) is 0. The van der Waals surface area contributed by atoms with Gasteiger partial charge in [0.05, 0.1) is 24.0 Å². The Labute approximate surface area is 128 Å². The molecule has 1 unspecified atom stereocenters. The predicted molar refractivity (Wildman–Crippen MR) is 83.1 cm³/mol. The van der Waals surface area contributed by atoms with Gasteiger partial charge in [-0.15, -0.1) is 16.8 Å². The summed E-state index contributed by atoms with van der Waals surface area (Å²) >= 11 is 1.38. The molecular formula is C15H16N4OS. The third-order valence-corrected chi connectivity index (χ3v) is 3.81. The Morgan fingerprint density at radius 2 is 2.24 bits per heavy atom. The van der Waals surface area contributed by atoms with E-state index in [1.54, 1.807) is 13.2 Å². The SMILES string of the molecule is C=CCn1c(SC(C)C#N)nnc1-c1ccccc1OC. The van der Waals surface area contributed by atoms with E-state index >= 15 is 0 Å². The molecule has 0 aliphatic carbocycles. The molecule has 0 fully saturated rings. The van der Waals surface area contributed by atoms with Crippen LogP contribution in [0.25, 0.3) is 11.4 Å². The van der Waals surface area contributed by atoms with Gasteiger partial charge in [0.15, 0.2) is 11.0 Å². The quantitative estimate of drug-likeness (QED) is 0.605. The molecule has 5 nitrogen and oxygen atoms in total. The standard InChI is InChI=1S/C15H16N4OS/c1-4-9-19-14(12-7-5-6-8-13(12)20-3)17-18-15(19)21-11(2)10-16/h4-8,11H,1,9H2,2-3H3. The average molecular weight is 300 g/mol. The van der Waals surface area contributed by atoms with Crippen LogP contribution in [0.4, 0.5) is 0 Å². The van der Waals surface area contributed by atoms with Gasteiger partial charge in [0.2, 0.25) is 0 Å². The second-order valence-electron chi connectivity index (χ2n) is 4.29. The molecule has 108 valence electrons. The zero-order valence-electron chi connectivity index (χ0n) is 12.0. The van der Waals surface area contributed by atoms with Crippen molar-refractivity contribution < 1.29 is 4.74 Å². The number of rotatable bonds is 6. The highest BCUT2D eigenvalue weighted by Crippen LogP contribution is 2.31. The molecule has 0 saturated carbocycles. The Morgan fingerprint density at radius 3 is 2.90 bits per heavy atom. The minimum Gasteiger partial charge on any atom is -0.496 e. The molecule has 0 aliphatic rings. The second-order valence-corrected chi connectivity index (χ2v) is 5.60. The van der Waals surface area contributed by atoms with Gasteiger partial charge in [-0.2, -0.15) is 5.26 Å². The van der Waals surface area contributed by atoms with Crippen LogP contribution in [0.2, 0.25) is 0 Å². The Hall–Kier alpha value is -2.26. The molecule has 1 atom stereocenters. The van der Waals surface area contributed by atoms with Crippen LogP contribution < -0.4 is 4.74 Å². The summed E-state index contributed by atoms with van der Waals surface area (Å²) in [6, 6.07) is 9.84. The third-order valence-electron chi connectivity index (χ3n) is 2.84. The number of benzene rings is 1. The topological polar surface area (TPSA) is 63.7 Å². The summed E-state index contributed by atoms with van der Waals surface area (Å²) in [6.45, 7) is 6.18. The first kappa shape index (κ1) is 15.1. The Morgan fingerprint density at radius 1 is 1.48 bits per heavy atom. The molecule has 1 heterocycles. The Bertz CT molecular complexity index is 675. The van der Waals surface area contributed by atoms with Crippen molar-refractivity contribution in [3.8, 4) is 23.2 Å². The van der Waals surface area contributed by atoms with E-state index in [0.717, 1.165) is 11.3 Å². The van der Waals surface area contributed by atoms with Crippen molar-refractivity contribution in [3.05, 3.63) is 36.9 Å². The first-order chi connectivity index (χ1) is 10.2. The van der Waals surface area contributed by atoms with E-state index in [4.69, 9.17) is 10.00 Å². The van der Waals surface area contributed by atoms with E-state index in [-0.39, 0.29) is 5.25 Å². The monoisotopic (exact) mass is 300 g/mol. The van der Waals surface area contributed by atoms with Gasteiger partial charge in [-0.1, -0.05) is 30.0 Å². The van der Waals surface area contributed by atoms with Gasteiger partial charge in [0, 0.05) is 6.54 Å². The van der Waals surface area contributed by atoms with E-state index in [9.17, 15) is 0 Å². The number of aromatic nitrogens is 3. The number of methoxy groups -OCH3 is 1. The number of nitrogens with zero attached hydrogens (tertiary/aromatic N) is 4. The van der Waals surface area contributed by atoms with E-state index in [1.807, 2.05) is 35.8 Å². The van der Waals surface area contributed by atoms with E-state index in [1.165, 1.54) is 11.8 Å². The normalized spacial score (nSPS) is 11.7. The van der Waals surface area contributed by atoms with Gasteiger partial charge in [-0.05, 0) is 19.1 Å². The molecule has 2 aromatic rings. The summed E-state index contributed by atoms with van der Waals surface area (Å²) in [5, 5.41) is 17.9. The predicted octanol–water partition coefficient (Wildman–Crippen LogP) is 3.14. The summed E-state index contributed by atoms with van der Waals surface area (Å²) in [6.07, 6.45) is 1.78. The molecule has 0 N–H and O–H groups in total. The minimum absolute atomic E-state index is 0.191. The van der Waals surface area contributed by atoms with Crippen molar-refractivity contribution in [2.75, 3.05) is 7.11 Å². The highest BCUT2D eigenvalue weighted by Gasteiger charge is 2.18. The van der Waals surface area contributed by atoms with Crippen molar-refractivity contribution in [1.82, 2.24) is 14.8 Å². The summed E-state index contributed by atoms with van der Waals surface area (Å²) in [5.74, 6) is 1.44. The molecule has 0 amide bonds. The van der Waals surface area contributed by atoms with Gasteiger partial charge in [-0.25, -0.2) is 0 Å². The van der Waals surface area contributed by atoms with Crippen LogP contribution in [0, 0.1) is 11.3 Å². The van der Waals surface area contributed by atoms with Gasteiger partial charge in [0.25, 0.3) is 0 Å². The van der Waals surface area contributed by atoms with Gasteiger partial charge >= 0.3 is 0 Å². The zero-order chi connectivity index (χ0) is 15.2. The highest BCUT2D eigenvalue weighted by molar-refractivity contribution is 8.00. The summed E-state index contributed by atoms with van der Waals surface area (Å²) in [7, 11) is 1.63. The summed E-state index contributed by atoms with van der Waals surface area (Å²) in [4.78, 5) is 0. The largest absolute Gasteiger partial charge is 0.496 e. The molecule has 0 saturated heterocycles. The number of para-hydroxylation sites is 1. The molecule has 2 rings (SSSR count). The summed E-state index contributed by atoms with van der Waals surface area (Å²) < 4.78 is 7.31. The van der Waals surface area contributed by atoms with Gasteiger partial charge < -0.3 is 4.74 Å². The maximum Gasteiger partial charge on any atom is 0.193 e. The molecule has 21 heavy (non-hydrogen) atoms. The fourth-order valence-electron chi connectivity index (χ4n) is 1.88. The molecular weight excluding hydrogens is 284 g/mol. The molecule has 6 heteroatoms. The number of nitriles is 1. The number of hydrogen-bond acceptors (Lipinski definition) is 5. The number of ether oxygens (including phenoxy) is 1. The maximum atomic E-state index is 8.95. The average Bonchev–Trinajstić information content (AvgIpc) is 2.90. The summed E-state index contributed by atoms with van der Waals surface area (Å²) in [5.41, 5.74) is 0.866. The fraction of sp³-hybridized carbons (Fsp3) is 0.267. The van der Waals surface area contributed by atoms with Crippen molar-refractivity contribution in [3.63, 3.8) is 0 Å². The molecule has 1 aromatic heterocycles. The van der Waals surface area contributed by atoms with Gasteiger partial charge in [0.1, 0.15) is 5.75 Å². The zero-order valence-corrected chi connectivity index (χ0v) is 12.8. The van der Waals surface area contributed by atoms with Crippen LogP contribution in [0.15, 0.2) is 42.1 Å². The van der Waals surface area contributed by atoms with Crippen molar-refractivity contribution in [2.24, 2.45) is 0 Å². The molecule has 0 bridgehead atoms. The lowest BCUT2D eigenvalue weighted by molar-refractivity contribution is 0.416. The molecule has 0 radical (unpaired) electrons. The highest BCUT2D eigenvalue weighted by atomic mass is 32.2. The fourth-order valence-corrected chi connectivity index (χ4v) is 2.63. The smallest absolute Gasteiger partial charge is 0.193 e. The minimum atomic E-state index is -0.191.